The maximum Gasteiger partial charge on any atom is 0.237 e. The summed E-state index contributed by atoms with van der Waals surface area (Å²) in [6.45, 7) is 3.62. The lowest BCUT2D eigenvalue weighted by atomic mass is 9.86. The van der Waals surface area contributed by atoms with E-state index in [1.54, 1.807) is 6.92 Å². The van der Waals surface area contributed by atoms with E-state index in [0.29, 0.717) is 12.1 Å². The zero-order valence-electron chi connectivity index (χ0n) is 10.4. The van der Waals surface area contributed by atoms with Crippen molar-refractivity contribution in [3.8, 4) is 0 Å². The topological polar surface area (TPSA) is 55.1 Å². The van der Waals surface area contributed by atoms with Gasteiger partial charge < -0.3 is 11.1 Å². The molecule has 0 bridgehead atoms. The molecule has 0 spiro atoms. The fourth-order valence-corrected chi connectivity index (χ4v) is 4.05. The SMILES string of the molecule is CCC(C)(C(=O)Nc1c(Br)cc(Br)cc1Br)C(N)=S. The fraction of sp³-hybridized carbons (Fsp3) is 0.333. The number of nitrogens with one attached hydrogen (secondary N) is 1. The second-order valence-electron chi connectivity index (χ2n) is 4.25. The van der Waals surface area contributed by atoms with Crippen molar-refractivity contribution in [2.75, 3.05) is 5.32 Å². The van der Waals surface area contributed by atoms with Crippen molar-refractivity contribution in [1.82, 2.24) is 0 Å². The highest BCUT2D eigenvalue weighted by atomic mass is 79.9. The molecule has 3 N–H and O–H groups in total. The van der Waals surface area contributed by atoms with Gasteiger partial charge in [0, 0.05) is 13.4 Å². The third kappa shape index (κ3) is 3.77. The van der Waals surface area contributed by atoms with Crippen LogP contribution in [0.15, 0.2) is 25.6 Å². The monoisotopic (exact) mass is 470 g/mol. The van der Waals surface area contributed by atoms with E-state index in [1.807, 2.05) is 19.1 Å². The Balaban J connectivity index is 3.10. The van der Waals surface area contributed by atoms with Gasteiger partial charge in [0.2, 0.25) is 5.91 Å². The highest BCUT2D eigenvalue weighted by Gasteiger charge is 2.35. The van der Waals surface area contributed by atoms with Gasteiger partial charge in [0.25, 0.3) is 0 Å². The van der Waals surface area contributed by atoms with Gasteiger partial charge in [-0.2, -0.15) is 0 Å². The van der Waals surface area contributed by atoms with Crippen LogP contribution in [0.25, 0.3) is 0 Å². The quantitative estimate of drug-likeness (QED) is 0.629. The predicted molar refractivity (Wildman–Crippen MR) is 93.4 cm³/mol. The molecule has 1 atom stereocenters. The number of amides is 1. The maximum absolute atomic E-state index is 12.4. The molecule has 0 saturated heterocycles. The predicted octanol–water partition coefficient (Wildman–Crippen LogP) is 4.62. The number of nitrogens with two attached hydrogens (primary N) is 1. The Morgan fingerprint density at radius 3 is 2.21 bits per heavy atom. The Hall–Kier alpha value is 0.0200. The van der Waals surface area contributed by atoms with Crippen LogP contribution in [-0.2, 0) is 4.79 Å². The molecule has 7 heteroatoms. The molecule has 1 rings (SSSR count). The number of thiocarbonyl (C=S) groups is 1. The summed E-state index contributed by atoms with van der Waals surface area (Å²) in [5.41, 5.74) is 5.47. The van der Waals surface area contributed by atoms with E-state index in [-0.39, 0.29) is 10.9 Å². The molecule has 1 unspecified atom stereocenters. The molecule has 104 valence electrons. The zero-order chi connectivity index (χ0) is 14.8. The molecule has 0 fully saturated rings. The van der Waals surface area contributed by atoms with Crippen LogP contribution in [0.3, 0.4) is 0 Å². The van der Waals surface area contributed by atoms with Gasteiger partial charge in [-0.15, -0.1) is 0 Å². The number of hydrogen-bond acceptors (Lipinski definition) is 2. The molecule has 0 heterocycles. The standard InChI is InChI=1S/C12H13Br3N2OS/c1-3-12(2,10(16)19)11(18)17-9-7(14)4-6(13)5-8(9)15/h4-5H,3H2,1-2H3,(H2,16,19)(H,17,18). The summed E-state index contributed by atoms with van der Waals surface area (Å²) in [6, 6.07) is 3.70. The minimum Gasteiger partial charge on any atom is -0.392 e. The van der Waals surface area contributed by atoms with Crippen LogP contribution in [0, 0.1) is 5.41 Å². The molecule has 0 radical (unpaired) electrons. The van der Waals surface area contributed by atoms with Gasteiger partial charge in [-0.05, 0) is 57.3 Å². The normalized spacial score (nSPS) is 13.7. The highest BCUT2D eigenvalue weighted by molar-refractivity contribution is 9.11. The molecule has 3 nitrogen and oxygen atoms in total. The number of benzene rings is 1. The third-order valence-electron chi connectivity index (χ3n) is 3.00. The Kier molecular flexibility index (Phi) is 5.97. The van der Waals surface area contributed by atoms with Crippen LogP contribution in [0.2, 0.25) is 0 Å². The lowest BCUT2D eigenvalue weighted by Gasteiger charge is -2.26. The minimum atomic E-state index is -0.860. The molecular formula is C12H13Br3N2OS. The second-order valence-corrected chi connectivity index (χ2v) is 7.31. The number of anilines is 1. The van der Waals surface area contributed by atoms with Crippen molar-refractivity contribution in [3.63, 3.8) is 0 Å². The summed E-state index contributed by atoms with van der Waals surface area (Å²) < 4.78 is 2.43. The third-order valence-corrected chi connectivity index (χ3v) is 5.16. The van der Waals surface area contributed by atoms with Gasteiger partial charge in [-0.3, -0.25) is 4.79 Å². The summed E-state index contributed by atoms with van der Waals surface area (Å²) >= 11 is 15.2. The molecule has 1 aromatic rings. The van der Waals surface area contributed by atoms with E-state index < -0.39 is 5.41 Å². The molecular weight excluding hydrogens is 460 g/mol. The van der Waals surface area contributed by atoms with E-state index in [0.717, 1.165) is 13.4 Å². The smallest absolute Gasteiger partial charge is 0.237 e. The van der Waals surface area contributed by atoms with E-state index in [2.05, 4.69) is 53.1 Å². The Morgan fingerprint density at radius 2 is 1.84 bits per heavy atom. The van der Waals surface area contributed by atoms with E-state index >= 15 is 0 Å². The molecule has 1 aromatic carbocycles. The van der Waals surface area contributed by atoms with Crippen LogP contribution in [-0.4, -0.2) is 10.9 Å². The molecule has 0 aliphatic rings. The first-order valence-corrected chi connectivity index (χ1v) is 8.27. The summed E-state index contributed by atoms with van der Waals surface area (Å²) in [6.07, 6.45) is 0.542. The fourth-order valence-electron chi connectivity index (χ4n) is 1.36. The van der Waals surface area contributed by atoms with E-state index in [4.69, 9.17) is 18.0 Å². The van der Waals surface area contributed by atoms with Crippen molar-refractivity contribution in [3.05, 3.63) is 25.6 Å². The van der Waals surface area contributed by atoms with Crippen molar-refractivity contribution >= 4 is 76.6 Å². The number of carbonyl (C=O) groups is 1. The number of rotatable bonds is 4. The molecule has 19 heavy (non-hydrogen) atoms. The van der Waals surface area contributed by atoms with Crippen LogP contribution >= 0.6 is 60.0 Å². The first-order chi connectivity index (χ1) is 8.72. The van der Waals surface area contributed by atoms with Crippen LogP contribution in [0.4, 0.5) is 5.69 Å². The van der Waals surface area contributed by atoms with Gasteiger partial charge >= 0.3 is 0 Å². The van der Waals surface area contributed by atoms with Crippen LogP contribution in [0.5, 0.6) is 0 Å². The van der Waals surface area contributed by atoms with E-state index in [1.165, 1.54) is 0 Å². The summed E-state index contributed by atoms with van der Waals surface area (Å²) in [4.78, 5) is 12.6. The lowest BCUT2D eigenvalue weighted by molar-refractivity contribution is -0.121. The van der Waals surface area contributed by atoms with Crippen molar-refractivity contribution in [2.24, 2.45) is 11.1 Å². The Morgan fingerprint density at radius 1 is 1.37 bits per heavy atom. The molecule has 0 aromatic heterocycles. The number of halogens is 3. The average molecular weight is 473 g/mol. The lowest BCUT2D eigenvalue weighted by Crippen LogP contribution is -2.43. The molecule has 0 aliphatic heterocycles. The minimum absolute atomic E-state index is 0.192. The number of hydrogen-bond donors (Lipinski definition) is 2. The summed E-state index contributed by atoms with van der Waals surface area (Å²) in [7, 11) is 0. The largest absolute Gasteiger partial charge is 0.392 e. The first kappa shape index (κ1) is 17.1. The van der Waals surface area contributed by atoms with Gasteiger partial charge in [-0.1, -0.05) is 35.1 Å². The second kappa shape index (κ2) is 6.65. The van der Waals surface area contributed by atoms with Gasteiger partial charge in [0.1, 0.15) is 0 Å². The first-order valence-electron chi connectivity index (χ1n) is 5.48. The molecule has 1 amide bonds. The maximum atomic E-state index is 12.4. The van der Waals surface area contributed by atoms with Gasteiger partial charge in [0.05, 0.1) is 16.1 Å². The van der Waals surface area contributed by atoms with Crippen molar-refractivity contribution in [1.29, 1.82) is 0 Å². The summed E-state index contributed by atoms with van der Waals surface area (Å²) in [5.74, 6) is -0.216. The Labute approximate surface area is 143 Å². The van der Waals surface area contributed by atoms with Crippen molar-refractivity contribution in [2.45, 2.75) is 20.3 Å². The number of carbonyl (C=O) groups excluding carboxylic acids is 1. The molecule has 0 saturated carbocycles. The average Bonchev–Trinajstić information content (AvgIpc) is 2.31. The molecule has 0 aliphatic carbocycles. The van der Waals surface area contributed by atoms with Gasteiger partial charge in [0.15, 0.2) is 0 Å². The summed E-state index contributed by atoms with van der Waals surface area (Å²) in [5, 5.41) is 2.86. The zero-order valence-corrected chi connectivity index (χ0v) is 16.0. The van der Waals surface area contributed by atoms with Crippen LogP contribution < -0.4 is 11.1 Å². The highest BCUT2D eigenvalue weighted by Crippen LogP contribution is 2.35. The van der Waals surface area contributed by atoms with E-state index in [9.17, 15) is 4.79 Å². The van der Waals surface area contributed by atoms with Crippen LogP contribution in [0.1, 0.15) is 20.3 Å². The van der Waals surface area contributed by atoms with Gasteiger partial charge in [-0.25, -0.2) is 0 Å². The Bertz CT molecular complexity index is 513. The van der Waals surface area contributed by atoms with Crippen molar-refractivity contribution < 1.29 is 4.79 Å².